The number of rotatable bonds is 7. The van der Waals surface area contributed by atoms with Crippen LogP contribution in [0.1, 0.15) is 46.9 Å². The average Bonchev–Trinajstić information content (AvgIpc) is 3.13. The Labute approximate surface area is 205 Å². The standard InChI is InChI=1S/C26H27ClN2O4S/c1-17(2)29(16-18-8-4-3-5-9-18)34(32,33)24-15-20(12-13-22(24)27)26(31)28-25-21-11-7-6-10-19(21)14-23(25)30/h3-13,15,17,23,25,30H,14,16H2,1-2H3,(H,28,31). The van der Waals surface area contributed by atoms with Crippen LogP contribution in [0.3, 0.4) is 0 Å². The largest absolute Gasteiger partial charge is 0.390 e. The van der Waals surface area contributed by atoms with E-state index in [0.717, 1.165) is 16.7 Å². The van der Waals surface area contributed by atoms with E-state index in [1.54, 1.807) is 13.8 Å². The first-order chi connectivity index (χ1) is 16.2. The normalized spacial score (nSPS) is 17.7. The predicted molar refractivity (Wildman–Crippen MR) is 132 cm³/mol. The number of carbonyl (C=O) groups is 1. The minimum atomic E-state index is -4.00. The van der Waals surface area contributed by atoms with Crippen molar-refractivity contribution in [3.8, 4) is 0 Å². The van der Waals surface area contributed by atoms with Crippen LogP contribution in [0, 0.1) is 0 Å². The van der Waals surface area contributed by atoms with Crippen molar-refractivity contribution in [2.24, 2.45) is 0 Å². The summed E-state index contributed by atoms with van der Waals surface area (Å²) < 4.78 is 28.6. The van der Waals surface area contributed by atoms with E-state index < -0.39 is 28.1 Å². The van der Waals surface area contributed by atoms with Gasteiger partial charge in [0, 0.05) is 24.6 Å². The van der Waals surface area contributed by atoms with Gasteiger partial charge in [-0.3, -0.25) is 4.79 Å². The lowest BCUT2D eigenvalue weighted by Gasteiger charge is -2.27. The predicted octanol–water partition coefficient (Wildman–Crippen LogP) is 4.33. The Kier molecular flexibility index (Phi) is 7.09. The first-order valence-corrected chi connectivity index (χ1v) is 12.9. The lowest BCUT2D eigenvalue weighted by Crippen LogP contribution is -2.37. The number of sulfonamides is 1. The number of nitrogens with one attached hydrogen (secondary N) is 1. The van der Waals surface area contributed by atoms with E-state index in [4.69, 9.17) is 11.6 Å². The van der Waals surface area contributed by atoms with Gasteiger partial charge in [-0.1, -0.05) is 66.2 Å². The highest BCUT2D eigenvalue weighted by atomic mass is 35.5. The SMILES string of the molecule is CC(C)N(Cc1ccccc1)S(=O)(=O)c1cc(C(=O)NC2c3ccccc3CC2O)ccc1Cl. The molecule has 0 aliphatic heterocycles. The third-order valence-corrected chi connectivity index (χ3v) is 8.53. The Morgan fingerprint density at radius 3 is 2.47 bits per heavy atom. The van der Waals surface area contributed by atoms with E-state index in [1.807, 2.05) is 54.6 Å². The molecule has 34 heavy (non-hydrogen) atoms. The van der Waals surface area contributed by atoms with Gasteiger partial charge in [0.2, 0.25) is 10.0 Å². The van der Waals surface area contributed by atoms with Crippen molar-refractivity contribution >= 4 is 27.5 Å². The van der Waals surface area contributed by atoms with Crippen molar-refractivity contribution < 1.29 is 18.3 Å². The van der Waals surface area contributed by atoms with Crippen molar-refractivity contribution in [2.45, 2.75) is 49.9 Å². The highest BCUT2D eigenvalue weighted by Crippen LogP contribution is 2.32. The second kappa shape index (κ2) is 9.88. The van der Waals surface area contributed by atoms with Gasteiger partial charge >= 0.3 is 0 Å². The van der Waals surface area contributed by atoms with Crippen LogP contribution in [-0.2, 0) is 23.0 Å². The highest BCUT2D eigenvalue weighted by molar-refractivity contribution is 7.89. The molecule has 2 atom stereocenters. The minimum Gasteiger partial charge on any atom is -0.390 e. The number of amides is 1. The van der Waals surface area contributed by atoms with Gasteiger partial charge in [-0.05, 0) is 48.7 Å². The molecule has 0 heterocycles. The zero-order chi connectivity index (χ0) is 24.5. The number of hydrogen-bond donors (Lipinski definition) is 2. The number of benzene rings is 3. The molecule has 0 fully saturated rings. The number of hydrogen-bond acceptors (Lipinski definition) is 4. The molecule has 1 aliphatic rings. The molecule has 1 aliphatic carbocycles. The monoisotopic (exact) mass is 498 g/mol. The summed E-state index contributed by atoms with van der Waals surface area (Å²) in [4.78, 5) is 12.9. The van der Waals surface area contributed by atoms with Gasteiger partial charge in [0.05, 0.1) is 17.2 Å². The number of nitrogens with zero attached hydrogens (tertiary/aromatic N) is 1. The van der Waals surface area contributed by atoms with Gasteiger partial charge in [0.1, 0.15) is 4.90 Å². The zero-order valence-electron chi connectivity index (χ0n) is 19.0. The summed E-state index contributed by atoms with van der Waals surface area (Å²) in [5, 5.41) is 13.4. The smallest absolute Gasteiger partial charge is 0.251 e. The Hall–Kier alpha value is -2.71. The number of aliphatic hydroxyl groups excluding tert-OH is 1. The van der Waals surface area contributed by atoms with Crippen LogP contribution in [0.25, 0.3) is 0 Å². The topological polar surface area (TPSA) is 86.7 Å². The van der Waals surface area contributed by atoms with Gasteiger partial charge in [-0.15, -0.1) is 0 Å². The van der Waals surface area contributed by atoms with Crippen LogP contribution < -0.4 is 5.32 Å². The quantitative estimate of drug-likeness (QED) is 0.507. The van der Waals surface area contributed by atoms with Crippen molar-refractivity contribution in [1.29, 1.82) is 0 Å². The van der Waals surface area contributed by atoms with Crippen molar-refractivity contribution in [3.05, 3.63) is 100 Å². The van der Waals surface area contributed by atoms with Crippen molar-refractivity contribution in [2.75, 3.05) is 0 Å². The fourth-order valence-corrected chi connectivity index (χ4v) is 6.38. The lowest BCUT2D eigenvalue weighted by molar-refractivity contribution is 0.0858. The van der Waals surface area contributed by atoms with Crippen LogP contribution >= 0.6 is 11.6 Å². The van der Waals surface area contributed by atoms with E-state index >= 15 is 0 Å². The average molecular weight is 499 g/mol. The molecule has 0 bridgehead atoms. The molecule has 2 unspecified atom stereocenters. The first-order valence-electron chi connectivity index (χ1n) is 11.1. The summed E-state index contributed by atoms with van der Waals surface area (Å²) in [7, 11) is -4.00. The van der Waals surface area contributed by atoms with E-state index in [9.17, 15) is 18.3 Å². The summed E-state index contributed by atoms with van der Waals surface area (Å²) in [6.45, 7) is 3.77. The second-order valence-electron chi connectivity index (χ2n) is 8.70. The third kappa shape index (κ3) is 4.88. The van der Waals surface area contributed by atoms with E-state index in [0.29, 0.717) is 6.42 Å². The van der Waals surface area contributed by atoms with Crippen LogP contribution in [0.15, 0.2) is 77.7 Å². The number of carbonyl (C=O) groups excluding carboxylic acids is 1. The van der Waals surface area contributed by atoms with Gasteiger partial charge in [0.15, 0.2) is 0 Å². The fraction of sp³-hybridized carbons (Fsp3) is 0.269. The fourth-order valence-electron chi connectivity index (χ4n) is 4.25. The molecule has 4 rings (SSSR count). The molecular weight excluding hydrogens is 472 g/mol. The maximum Gasteiger partial charge on any atom is 0.251 e. The number of aliphatic hydroxyl groups is 1. The van der Waals surface area contributed by atoms with Gasteiger partial charge < -0.3 is 10.4 Å². The Bertz CT molecular complexity index is 1300. The number of halogens is 1. The molecule has 8 heteroatoms. The lowest BCUT2D eigenvalue weighted by atomic mass is 10.1. The molecule has 0 aromatic heterocycles. The van der Waals surface area contributed by atoms with Crippen molar-refractivity contribution in [1.82, 2.24) is 9.62 Å². The van der Waals surface area contributed by atoms with Gasteiger partial charge in [-0.25, -0.2) is 8.42 Å². The molecule has 178 valence electrons. The minimum absolute atomic E-state index is 0.0431. The maximum atomic E-state index is 13.6. The van der Waals surface area contributed by atoms with Gasteiger partial charge in [0.25, 0.3) is 5.91 Å². The Morgan fingerprint density at radius 1 is 1.09 bits per heavy atom. The summed E-state index contributed by atoms with van der Waals surface area (Å²) in [6, 6.07) is 20.2. The molecule has 0 spiro atoms. The summed E-state index contributed by atoms with van der Waals surface area (Å²) in [5.41, 5.74) is 2.84. The van der Waals surface area contributed by atoms with Crippen LogP contribution in [0.5, 0.6) is 0 Å². The highest BCUT2D eigenvalue weighted by Gasteiger charge is 2.33. The van der Waals surface area contributed by atoms with E-state index in [1.165, 1.54) is 22.5 Å². The van der Waals surface area contributed by atoms with E-state index in [-0.39, 0.29) is 28.1 Å². The second-order valence-corrected chi connectivity index (χ2v) is 11.0. The zero-order valence-corrected chi connectivity index (χ0v) is 20.6. The van der Waals surface area contributed by atoms with Crippen molar-refractivity contribution in [3.63, 3.8) is 0 Å². The molecule has 6 nitrogen and oxygen atoms in total. The van der Waals surface area contributed by atoms with Gasteiger partial charge in [-0.2, -0.15) is 4.31 Å². The molecule has 1 amide bonds. The molecule has 3 aromatic carbocycles. The molecule has 0 saturated carbocycles. The van der Waals surface area contributed by atoms with E-state index in [2.05, 4.69) is 5.32 Å². The van der Waals surface area contributed by atoms with Crippen LogP contribution in [0.4, 0.5) is 0 Å². The molecule has 0 saturated heterocycles. The first kappa shape index (κ1) is 24.4. The molecular formula is C26H27ClN2O4S. The Morgan fingerprint density at radius 2 is 1.76 bits per heavy atom. The summed E-state index contributed by atoms with van der Waals surface area (Å²) >= 11 is 6.32. The summed E-state index contributed by atoms with van der Waals surface area (Å²) in [5.74, 6) is -0.479. The third-order valence-electron chi connectivity index (χ3n) is 6.03. The molecule has 3 aromatic rings. The van der Waals surface area contributed by atoms with Crippen LogP contribution in [0.2, 0.25) is 5.02 Å². The molecule has 2 N–H and O–H groups in total. The van der Waals surface area contributed by atoms with Crippen LogP contribution in [-0.4, -0.2) is 35.9 Å². The summed E-state index contributed by atoms with van der Waals surface area (Å²) in [6.07, 6.45) is -0.302. The number of fused-ring (bicyclic) bond motifs is 1. The molecule has 0 radical (unpaired) electrons. The Balaban J connectivity index is 1.63. The maximum absolute atomic E-state index is 13.6.